The van der Waals surface area contributed by atoms with E-state index in [9.17, 15) is 13.2 Å². The Hall–Kier alpha value is -2.70. The van der Waals surface area contributed by atoms with E-state index in [-0.39, 0.29) is 17.7 Å². The zero-order valence-corrected chi connectivity index (χ0v) is 20.1. The van der Waals surface area contributed by atoms with Crippen LogP contribution in [0.5, 0.6) is 0 Å². The molecule has 3 aromatic rings. The van der Waals surface area contributed by atoms with Gasteiger partial charge in [-0.25, -0.2) is 13.2 Å². The van der Waals surface area contributed by atoms with Crippen LogP contribution in [0.25, 0.3) is 10.9 Å². The van der Waals surface area contributed by atoms with Crippen molar-refractivity contribution in [3.05, 3.63) is 89.9 Å². The summed E-state index contributed by atoms with van der Waals surface area (Å²) in [5.41, 5.74) is 2.19. The van der Waals surface area contributed by atoms with Gasteiger partial charge >= 0.3 is 0 Å². The van der Waals surface area contributed by atoms with E-state index < -0.39 is 17.5 Å². The van der Waals surface area contributed by atoms with Crippen molar-refractivity contribution in [2.24, 2.45) is 11.8 Å². The van der Waals surface area contributed by atoms with E-state index >= 15 is 0 Å². The Bertz CT molecular complexity index is 1230. The van der Waals surface area contributed by atoms with E-state index in [1.165, 1.54) is 6.07 Å². The first-order valence-corrected chi connectivity index (χ1v) is 12.5. The predicted molar refractivity (Wildman–Crippen MR) is 131 cm³/mol. The first-order chi connectivity index (χ1) is 17.0. The lowest BCUT2D eigenvalue weighted by atomic mass is 9.70. The van der Waals surface area contributed by atoms with Gasteiger partial charge in [-0.1, -0.05) is 31.2 Å². The van der Waals surface area contributed by atoms with Crippen LogP contribution in [-0.2, 0) is 11.3 Å². The lowest BCUT2D eigenvalue weighted by Crippen LogP contribution is -2.68. The number of para-hydroxylation sites is 1. The number of aromatic nitrogens is 1. The molecule has 184 valence electrons. The van der Waals surface area contributed by atoms with E-state index in [1.807, 2.05) is 30.5 Å². The molecule has 6 heteroatoms. The summed E-state index contributed by atoms with van der Waals surface area (Å²) in [7, 11) is 0. The molecule has 1 aromatic heterocycles. The minimum atomic E-state index is -1.39. The van der Waals surface area contributed by atoms with Gasteiger partial charge in [-0.05, 0) is 42.2 Å². The largest absolute Gasteiger partial charge is 0.363 e. The van der Waals surface area contributed by atoms with Gasteiger partial charge in [0.25, 0.3) is 0 Å². The molecule has 5 atom stereocenters. The van der Waals surface area contributed by atoms with Gasteiger partial charge in [0.1, 0.15) is 18.7 Å². The van der Waals surface area contributed by atoms with Crippen LogP contribution in [0.2, 0.25) is 0 Å². The van der Waals surface area contributed by atoms with Crippen molar-refractivity contribution in [1.82, 2.24) is 4.98 Å². The quantitative estimate of drug-likeness (QED) is 0.202. The van der Waals surface area contributed by atoms with Crippen LogP contribution in [-0.4, -0.2) is 35.2 Å². The molecular weight excluding hydrogens is 449 g/mol. The Labute approximate surface area is 204 Å². The zero-order chi connectivity index (χ0) is 24.6. The molecule has 6 rings (SSSR count). The summed E-state index contributed by atoms with van der Waals surface area (Å²) in [5.74, 6) is -2.53. The number of hydrogen-bond acceptors (Lipinski definition) is 2. The van der Waals surface area contributed by atoms with Crippen molar-refractivity contribution in [1.29, 1.82) is 0 Å². The standard InChI is InChI=1S/C29H32F3N2O/c1-3-15-35-29(23-11-13-33-25-8-6-5-7-22(23)25)26-16-20-12-14-34(26,17-19(20)4-2)18-21-9-10-24(30)28(32)27(21)31/h3,5-11,13,19-20,26,29H,1,4,12,14-18H2,2H3/q+1/t19-,20+,26+,29+,34?/m0/s1. The van der Waals surface area contributed by atoms with Crippen LogP contribution in [0, 0.1) is 29.3 Å². The van der Waals surface area contributed by atoms with Crippen LogP contribution in [0.4, 0.5) is 13.2 Å². The molecular formula is C29H32F3N2O+. The number of hydrogen-bond donors (Lipinski definition) is 0. The van der Waals surface area contributed by atoms with Crippen molar-refractivity contribution in [3.8, 4) is 0 Å². The average Bonchev–Trinajstić information content (AvgIpc) is 2.89. The Morgan fingerprint density at radius 2 is 1.97 bits per heavy atom. The maximum absolute atomic E-state index is 14.9. The topological polar surface area (TPSA) is 22.1 Å². The fourth-order valence-corrected chi connectivity index (χ4v) is 6.62. The minimum Gasteiger partial charge on any atom is -0.363 e. The molecule has 0 N–H and O–H groups in total. The lowest BCUT2D eigenvalue weighted by molar-refractivity contribution is -0.986. The highest BCUT2D eigenvalue weighted by Gasteiger charge is 2.55. The highest BCUT2D eigenvalue weighted by Crippen LogP contribution is 2.49. The van der Waals surface area contributed by atoms with Gasteiger partial charge in [-0.3, -0.25) is 4.98 Å². The Morgan fingerprint density at radius 3 is 2.77 bits per heavy atom. The summed E-state index contributed by atoms with van der Waals surface area (Å²) < 4.78 is 49.9. The highest BCUT2D eigenvalue weighted by atomic mass is 19.2. The molecule has 35 heavy (non-hydrogen) atoms. The average molecular weight is 482 g/mol. The molecule has 0 radical (unpaired) electrons. The highest BCUT2D eigenvalue weighted by molar-refractivity contribution is 5.82. The predicted octanol–water partition coefficient (Wildman–Crippen LogP) is 6.73. The van der Waals surface area contributed by atoms with Crippen molar-refractivity contribution in [2.75, 3.05) is 19.7 Å². The maximum Gasteiger partial charge on any atom is 0.194 e. The summed E-state index contributed by atoms with van der Waals surface area (Å²) >= 11 is 0. The summed E-state index contributed by atoms with van der Waals surface area (Å²) in [4.78, 5) is 4.53. The molecule has 4 heterocycles. The summed E-state index contributed by atoms with van der Waals surface area (Å²) in [6.07, 6.45) is 6.35. The molecule has 0 aliphatic carbocycles. The third-order valence-corrected chi connectivity index (χ3v) is 8.31. The molecule has 2 aromatic carbocycles. The van der Waals surface area contributed by atoms with E-state index in [0.29, 0.717) is 29.5 Å². The monoisotopic (exact) mass is 481 g/mol. The third kappa shape index (κ3) is 4.27. The maximum atomic E-state index is 14.9. The van der Waals surface area contributed by atoms with Crippen molar-refractivity contribution in [3.63, 3.8) is 0 Å². The SMILES string of the molecule is C=CCO[C@H](c1ccnc2ccccc12)[C@H]1C[C@H]2CC[N+]1(Cc1ccc(F)c(F)c1F)C[C@@H]2CC. The molecule has 3 nitrogen and oxygen atoms in total. The molecule has 0 saturated carbocycles. The fraction of sp³-hybridized carbons (Fsp3) is 0.414. The third-order valence-electron chi connectivity index (χ3n) is 8.31. The lowest BCUT2D eigenvalue weighted by Gasteiger charge is -2.59. The van der Waals surface area contributed by atoms with E-state index in [4.69, 9.17) is 4.74 Å². The molecule has 0 spiro atoms. The minimum absolute atomic E-state index is 0.0508. The molecule has 1 unspecified atom stereocenters. The van der Waals surface area contributed by atoms with Crippen LogP contribution in [0.1, 0.15) is 43.4 Å². The summed E-state index contributed by atoms with van der Waals surface area (Å²) in [6, 6.07) is 12.5. The first-order valence-electron chi connectivity index (χ1n) is 12.5. The molecule has 3 saturated heterocycles. The first kappa shape index (κ1) is 24.0. The molecule has 2 bridgehead atoms. The van der Waals surface area contributed by atoms with E-state index in [2.05, 4.69) is 24.6 Å². The van der Waals surface area contributed by atoms with Gasteiger partial charge in [0, 0.05) is 35.9 Å². The van der Waals surface area contributed by atoms with E-state index in [0.717, 1.165) is 54.9 Å². The number of benzene rings is 2. The van der Waals surface area contributed by atoms with Gasteiger partial charge in [0.2, 0.25) is 0 Å². The van der Waals surface area contributed by atoms with Crippen LogP contribution < -0.4 is 0 Å². The van der Waals surface area contributed by atoms with Gasteiger partial charge in [0.15, 0.2) is 17.5 Å². The van der Waals surface area contributed by atoms with Crippen molar-refractivity contribution >= 4 is 10.9 Å². The molecule has 3 fully saturated rings. The second-order valence-corrected chi connectivity index (χ2v) is 10.1. The molecule has 3 aliphatic rings. The summed E-state index contributed by atoms with van der Waals surface area (Å²) in [6.45, 7) is 8.50. The van der Waals surface area contributed by atoms with Crippen LogP contribution in [0.15, 0.2) is 61.3 Å². The number of quaternary nitrogens is 1. The normalized spacial score (nSPS) is 26.7. The smallest absolute Gasteiger partial charge is 0.194 e. The Balaban J connectivity index is 1.61. The van der Waals surface area contributed by atoms with Crippen molar-refractivity contribution < 1.29 is 22.4 Å². The zero-order valence-electron chi connectivity index (χ0n) is 20.1. The van der Waals surface area contributed by atoms with Gasteiger partial charge in [-0.2, -0.15) is 0 Å². The second kappa shape index (κ2) is 9.75. The number of piperidine rings is 3. The number of nitrogens with zero attached hydrogens (tertiary/aromatic N) is 2. The number of fused-ring (bicyclic) bond motifs is 4. The van der Waals surface area contributed by atoms with Gasteiger partial charge in [-0.15, -0.1) is 6.58 Å². The van der Waals surface area contributed by atoms with Gasteiger partial charge < -0.3 is 9.22 Å². The Morgan fingerprint density at radius 1 is 1.14 bits per heavy atom. The second-order valence-electron chi connectivity index (χ2n) is 10.1. The molecule has 0 amide bonds. The fourth-order valence-electron chi connectivity index (χ4n) is 6.62. The number of pyridine rings is 1. The van der Waals surface area contributed by atoms with Gasteiger partial charge in [0.05, 0.1) is 25.2 Å². The Kier molecular flexibility index (Phi) is 6.69. The number of ether oxygens (including phenoxy) is 1. The summed E-state index contributed by atoms with van der Waals surface area (Å²) in [5, 5.41) is 1.04. The number of rotatable bonds is 8. The van der Waals surface area contributed by atoms with E-state index in [1.54, 1.807) is 6.08 Å². The number of halogens is 3. The molecule has 3 aliphatic heterocycles. The van der Waals surface area contributed by atoms with Crippen molar-refractivity contribution in [2.45, 2.75) is 44.9 Å². The van der Waals surface area contributed by atoms with Crippen LogP contribution in [0.3, 0.4) is 0 Å². The van der Waals surface area contributed by atoms with Crippen LogP contribution >= 0.6 is 0 Å².